The van der Waals surface area contributed by atoms with Gasteiger partial charge in [-0.05, 0) is 47.9 Å². The molecular weight excluding hydrogens is 310 g/mol. The topological polar surface area (TPSA) is 49.3 Å². The number of carboxylic acid groups (broad SMARTS) is 1. The van der Waals surface area contributed by atoms with Crippen LogP contribution >= 0.6 is 0 Å². The second-order valence-corrected chi connectivity index (χ2v) is 7.33. The summed E-state index contributed by atoms with van der Waals surface area (Å²) in [6.45, 7) is 1.80. The van der Waals surface area contributed by atoms with E-state index in [0.29, 0.717) is 11.0 Å². The second kappa shape index (κ2) is 8.30. The predicted molar refractivity (Wildman–Crippen MR) is 101 cm³/mol. The van der Waals surface area contributed by atoms with Gasteiger partial charge in [-0.2, -0.15) is 0 Å². The lowest BCUT2D eigenvalue weighted by Crippen LogP contribution is -2.37. The molecule has 0 bridgehead atoms. The van der Waals surface area contributed by atoms with E-state index in [1.165, 1.54) is 37.7 Å². The van der Waals surface area contributed by atoms with Crippen LogP contribution in [-0.4, -0.2) is 17.6 Å². The highest BCUT2D eigenvalue weighted by Crippen LogP contribution is 2.38. The highest BCUT2D eigenvalue weighted by molar-refractivity contribution is 5.87. The first-order valence-electron chi connectivity index (χ1n) is 9.24. The molecule has 3 nitrogen and oxygen atoms in total. The third-order valence-electron chi connectivity index (χ3n) is 5.37. The van der Waals surface area contributed by atoms with E-state index in [1.54, 1.807) is 12.1 Å². The van der Waals surface area contributed by atoms with Crippen LogP contribution in [0.3, 0.4) is 0 Å². The van der Waals surface area contributed by atoms with E-state index in [0.717, 1.165) is 25.1 Å². The smallest absolute Gasteiger partial charge is 0.335 e. The number of hydrogen-bond donors (Lipinski definition) is 2. The standard InChI is InChI=1S/C22H27NO2/c24-21(25)20-11-9-19(10-12-20)16-23-17-22(13-5-2-6-14-22)15-18-7-3-1-4-8-18/h1,3-4,7-12,23H,2,5-6,13-17H2,(H,24,25). The lowest BCUT2D eigenvalue weighted by atomic mass is 9.70. The molecule has 25 heavy (non-hydrogen) atoms. The number of carboxylic acids is 1. The van der Waals surface area contributed by atoms with Crippen LogP contribution in [0.4, 0.5) is 0 Å². The summed E-state index contributed by atoms with van der Waals surface area (Å²) in [7, 11) is 0. The molecule has 2 N–H and O–H groups in total. The summed E-state index contributed by atoms with van der Waals surface area (Å²) in [5.41, 5.74) is 3.25. The van der Waals surface area contributed by atoms with E-state index in [4.69, 9.17) is 5.11 Å². The Bertz CT molecular complexity index is 673. The van der Waals surface area contributed by atoms with Gasteiger partial charge in [0.1, 0.15) is 0 Å². The fourth-order valence-electron chi connectivity index (χ4n) is 3.98. The van der Waals surface area contributed by atoms with Gasteiger partial charge in [0, 0.05) is 13.1 Å². The molecular formula is C22H27NO2. The van der Waals surface area contributed by atoms with Gasteiger partial charge in [-0.15, -0.1) is 0 Å². The average molecular weight is 337 g/mol. The number of rotatable bonds is 7. The van der Waals surface area contributed by atoms with E-state index in [1.807, 2.05) is 12.1 Å². The molecule has 1 saturated carbocycles. The SMILES string of the molecule is O=C(O)c1ccc(CNCC2(Cc3ccccc3)CCCCC2)cc1. The van der Waals surface area contributed by atoms with Gasteiger partial charge in [-0.1, -0.05) is 61.7 Å². The Balaban J connectivity index is 1.60. The molecule has 0 unspecified atom stereocenters. The van der Waals surface area contributed by atoms with Crippen LogP contribution in [0.25, 0.3) is 0 Å². The molecule has 0 amide bonds. The third-order valence-corrected chi connectivity index (χ3v) is 5.37. The van der Waals surface area contributed by atoms with Crippen molar-refractivity contribution in [3.8, 4) is 0 Å². The molecule has 1 aliphatic rings. The van der Waals surface area contributed by atoms with Crippen molar-refractivity contribution in [3.63, 3.8) is 0 Å². The Labute approximate surface area is 150 Å². The van der Waals surface area contributed by atoms with Gasteiger partial charge in [-0.25, -0.2) is 4.79 Å². The maximum Gasteiger partial charge on any atom is 0.335 e. The summed E-state index contributed by atoms with van der Waals surface area (Å²) >= 11 is 0. The highest BCUT2D eigenvalue weighted by atomic mass is 16.4. The van der Waals surface area contributed by atoms with Crippen LogP contribution in [0.2, 0.25) is 0 Å². The Kier molecular flexibility index (Phi) is 5.87. The van der Waals surface area contributed by atoms with E-state index in [-0.39, 0.29) is 0 Å². The molecule has 3 heteroatoms. The molecule has 0 aliphatic heterocycles. The molecule has 132 valence electrons. The molecule has 3 rings (SSSR count). The van der Waals surface area contributed by atoms with Crippen molar-refractivity contribution >= 4 is 5.97 Å². The van der Waals surface area contributed by atoms with Crippen molar-refractivity contribution in [2.75, 3.05) is 6.54 Å². The molecule has 0 aromatic heterocycles. The summed E-state index contributed by atoms with van der Waals surface area (Å²) in [5.74, 6) is -0.872. The van der Waals surface area contributed by atoms with Gasteiger partial charge in [-0.3, -0.25) is 0 Å². The molecule has 0 spiro atoms. The number of hydrogen-bond acceptors (Lipinski definition) is 2. The third kappa shape index (κ3) is 4.93. The van der Waals surface area contributed by atoms with Crippen molar-refractivity contribution in [1.82, 2.24) is 5.32 Å². The van der Waals surface area contributed by atoms with Crippen LogP contribution in [0, 0.1) is 5.41 Å². The molecule has 1 aliphatic carbocycles. The van der Waals surface area contributed by atoms with Crippen molar-refractivity contribution in [2.45, 2.75) is 45.1 Å². The van der Waals surface area contributed by atoms with Crippen molar-refractivity contribution in [3.05, 3.63) is 71.3 Å². The van der Waals surface area contributed by atoms with Crippen molar-refractivity contribution in [2.24, 2.45) is 5.41 Å². The minimum Gasteiger partial charge on any atom is -0.478 e. The fraction of sp³-hybridized carbons (Fsp3) is 0.409. The maximum atomic E-state index is 10.9. The van der Waals surface area contributed by atoms with E-state index in [9.17, 15) is 4.79 Å². The van der Waals surface area contributed by atoms with Gasteiger partial charge >= 0.3 is 5.97 Å². The Morgan fingerprint density at radius 2 is 1.60 bits per heavy atom. The summed E-state index contributed by atoms with van der Waals surface area (Å²) < 4.78 is 0. The average Bonchev–Trinajstić information content (AvgIpc) is 2.64. The molecule has 2 aromatic carbocycles. The molecule has 0 saturated heterocycles. The van der Waals surface area contributed by atoms with Gasteiger partial charge in [0.15, 0.2) is 0 Å². The van der Waals surface area contributed by atoms with Gasteiger partial charge in [0.25, 0.3) is 0 Å². The number of nitrogens with one attached hydrogen (secondary N) is 1. The number of carbonyl (C=O) groups is 1. The van der Waals surface area contributed by atoms with Crippen LogP contribution in [0.5, 0.6) is 0 Å². The minimum absolute atomic E-state index is 0.344. The summed E-state index contributed by atoms with van der Waals surface area (Å²) in [4.78, 5) is 10.9. The zero-order valence-electron chi connectivity index (χ0n) is 14.7. The quantitative estimate of drug-likeness (QED) is 0.772. The van der Waals surface area contributed by atoms with E-state index < -0.39 is 5.97 Å². The first kappa shape index (κ1) is 17.7. The van der Waals surface area contributed by atoms with Crippen LogP contribution in [0.15, 0.2) is 54.6 Å². The Morgan fingerprint density at radius 1 is 0.920 bits per heavy atom. The lowest BCUT2D eigenvalue weighted by Gasteiger charge is -2.38. The summed E-state index contributed by atoms with van der Waals surface area (Å²) in [5, 5.41) is 12.6. The Morgan fingerprint density at radius 3 is 2.24 bits per heavy atom. The van der Waals surface area contributed by atoms with Gasteiger partial charge in [0.2, 0.25) is 0 Å². The van der Waals surface area contributed by atoms with Crippen molar-refractivity contribution < 1.29 is 9.90 Å². The van der Waals surface area contributed by atoms with Crippen LogP contribution < -0.4 is 5.32 Å². The van der Waals surface area contributed by atoms with Crippen LogP contribution in [-0.2, 0) is 13.0 Å². The molecule has 1 fully saturated rings. The maximum absolute atomic E-state index is 10.9. The lowest BCUT2D eigenvalue weighted by molar-refractivity contribution is 0.0697. The highest BCUT2D eigenvalue weighted by Gasteiger charge is 2.31. The minimum atomic E-state index is -0.872. The van der Waals surface area contributed by atoms with E-state index in [2.05, 4.69) is 35.6 Å². The zero-order chi connectivity index (χ0) is 17.5. The zero-order valence-corrected chi connectivity index (χ0v) is 14.7. The molecule has 0 radical (unpaired) electrons. The predicted octanol–water partition coefficient (Wildman–Crippen LogP) is 4.67. The van der Waals surface area contributed by atoms with Crippen molar-refractivity contribution in [1.29, 1.82) is 0 Å². The monoisotopic (exact) mass is 337 g/mol. The first-order chi connectivity index (χ1) is 12.2. The first-order valence-corrected chi connectivity index (χ1v) is 9.24. The normalized spacial score (nSPS) is 16.5. The number of benzene rings is 2. The second-order valence-electron chi connectivity index (χ2n) is 7.33. The van der Waals surface area contributed by atoms with Gasteiger partial charge in [0.05, 0.1) is 5.56 Å². The molecule has 2 aromatic rings. The van der Waals surface area contributed by atoms with E-state index >= 15 is 0 Å². The Hall–Kier alpha value is -2.13. The van der Waals surface area contributed by atoms with Crippen LogP contribution in [0.1, 0.15) is 53.6 Å². The summed E-state index contributed by atoms with van der Waals surface area (Å²) in [6, 6.07) is 18.0. The fourth-order valence-corrected chi connectivity index (χ4v) is 3.98. The molecule has 0 atom stereocenters. The number of aromatic carboxylic acids is 1. The van der Waals surface area contributed by atoms with Gasteiger partial charge < -0.3 is 10.4 Å². The largest absolute Gasteiger partial charge is 0.478 e. The summed E-state index contributed by atoms with van der Waals surface area (Å²) in [6.07, 6.45) is 7.70. The molecule has 0 heterocycles.